The van der Waals surface area contributed by atoms with Crippen LogP contribution in [0.15, 0.2) is 97.1 Å². The first-order valence-electron chi connectivity index (χ1n) is 30.6. The summed E-state index contributed by atoms with van der Waals surface area (Å²) in [5.41, 5.74) is 58.5. The van der Waals surface area contributed by atoms with Crippen LogP contribution in [-0.4, -0.2) is 26.9 Å². The highest BCUT2D eigenvalue weighted by Gasteiger charge is 2.39. The molecule has 0 nitrogen and oxygen atoms in total. The van der Waals surface area contributed by atoms with Gasteiger partial charge < -0.3 is 0 Å². The Bertz CT molecular complexity index is 4290. The van der Waals surface area contributed by atoms with Crippen LogP contribution < -0.4 is 43.7 Å². The van der Waals surface area contributed by atoms with Crippen LogP contribution in [0.1, 0.15) is 89.0 Å². The maximum absolute atomic E-state index is 2.66. The van der Waals surface area contributed by atoms with Gasteiger partial charge in [-0.2, -0.15) is 0 Å². The Morgan fingerprint density at radius 3 is 0.683 bits per heavy atom. The SMILES string of the molecule is CB1c2c(C)cc(C)cc2-c2cc(C)c(-c3cc(-c4c(C)cc5c(c4C)B(C)c4c(C)cc(C)cc4-5)cc4c(-c5c(C)cc6c(c5C)B(C)c5c(C)cc(C)cc5-6)cc(-c5c(C)cc6c(c5C)B(C)c5c(C)cc(C)cc5-6)c-4c3)c(C)c21. The predicted octanol–water partition coefficient (Wildman–Crippen LogP) is 15.3. The Kier molecular flexibility index (Phi) is 11.7. The third-order valence-electron chi connectivity index (χ3n) is 21.2. The summed E-state index contributed by atoms with van der Waals surface area (Å²) in [5.74, 6) is 0. The molecule has 0 radical (unpaired) electrons. The van der Waals surface area contributed by atoms with E-state index in [2.05, 4.69) is 235 Å². The monoisotopic (exact) mass is 1060 g/mol. The average molecular weight is 1060 g/mol. The van der Waals surface area contributed by atoms with Gasteiger partial charge in [0.2, 0.25) is 26.9 Å². The Labute approximate surface area is 491 Å². The molecule has 4 heteroatoms. The molecule has 0 fully saturated rings. The second kappa shape index (κ2) is 18.1. The van der Waals surface area contributed by atoms with Crippen molar-refractivity contribution in [2.45, 2.75) is 138 Å². The third-order valence-corrected chi connectivity index (χ3v) is 21.2. The van der Waals surface area contributed by atoms with Crippen molar-refractivity contribution in [3.05, 3.63) is 186 Å². The lowest BCUT2D eigenvalue weighted by molar-refractivity contribution is 1.38. The van der Waals surface area contributed by atoms with Crippen molar-refractivity contribution < 1.29 is 0 Å². The summed E-state index contributed by atoms with van der Waals surface area (Å²) < 4.78 is 0. The van der Waals surface area contributed by atoms with Crippen LogP contribution in [0, 0.1) is 111 Å². The van der Waals surface area contributed by atoms with Gasteiger partial charge in [-0.15, -0.1) is 0 Å². The molecule has 82 heavy (non-hydrogen) atoms. The average Bonchev–Trinajstić information content (AvgIpc) is 4.29. The molecule has 400 valence electrons. The van der Waals surface area contributed by atoms with Crippen molar-refractivity contribution in [1.29, 1.82) is 0 Å². The van der Waals surface area contributed by atoms with E-state index in [0.717, 1.165) is 0 Å². The molecule has 0 spiro atoms. The minimum atomic E-state index is 0.293. The van der Waals surface area contributed by atoms with Gasteiger partial charge in [0.15, 0.2) is 0 Å². The predicted molar refractivity (Wildman–Crippen MR) is 366 cm³/mol. The van der Waals surface area contributed by atoms with Crippen molar-refractivity contribution in [3.8, 4) is 100 Å². The second-order valence-corrected chi connectivity index (χ2v) is 26.8. The number of fused-ring (bicyclic) bond motifs is 13. The molecule has 0 unspecified atom stereocenters. The summed E-state index contributed by atoms with van der Waals surface area (Å²) in [5, 5.41) is 0. The maximum Gasteiger partial charge on any atom is 0.208 e. The van der Waals surface area contributed by atoms with E-state index in [1.54, 1.807) is 0 Å². The zero-order valence-corrected chi connectivity index (χ0v) is 52.5. The lowest BCUT2D eigenvalue weighted by Crippen LogP contribution is -2.38. The highest BCUT2D eigenvalue weighted by Crippen LogP contribution is 2.52. The van der Waals surface area contributed by atoms with Crippen LogP contribution in [0.5, 0.6) is 0 Å². The fourth-order valence-corrected chi connectivity index (χ4v) is 18.7. The molecular weight excluding hydrogens is 980 g/mol. The Balaban J connectivity index is 1.11. The van der Waals surface area contributed by atoms with Crippen LogP contribution in [0.25, 0.3) is 100 Å². The van der Waals surface area contributed by atoms with E-state index in [-0.39, 0.29) is 0 Å². The molecule has 0 saturated heterocycles. The number of hydrogen-bond donors (Lipinski definition) is 0. The zero-order valence-electron chi connectivity index (χ0n) is 52.5. The van der Waals surface area contributed by atoms with Crippen molar-refractivity contribution in [3.63, 3.8) is 0 Å². The van der Waals surface area contributed by atoms with E-state index < -0.39 is 0 Å². The second-order valence-electron chi connectivity index (χ2n) is 26.8. The van der Waals surface area contributed by atoms with Crippen molar-refractivity contribution in [2.75, 3.05) is 0 Å². The minimum absolute atomic E-state index is 0.293. The Morgan fingerprint density at radius 1 is 0.183 bits per heavy atom. The number of hydrogen-bond acceptors (Lipinski definition) is 0. The van der Waals surface area contributed by atoms with Gasteiger partial charge in [0.05, 0.1) is 0 Å². The first-order valence-corrected chi connectivity index (χ1v) is 30.6. The van der Waals surface area contributed by atoms with E-state index in [1.807, 2.05) is 0 Å². The lowest BCUT2D eigenvalue weighted by Gasteiger charge is -2.19. The molecule has 0 atom stereocenters. The highest BCUT2D eigenvalue weighted by molar-refractivity contribution is 6.91. The standard InChI is InChI=1S/C78H76B4/c1-37-21-45(9)71-59(25-37)63-29-41(5)67(49(13)75(63)79(71)17)53-33-54(68-42(6)30-64-60-26-38(2)22-46(10)72(60)80(18)76(64)50(68)14)35-56-55(34-53)57(69-43(7)31-65-61-27-39(3)23-47(11)73(61)81(19)77(65)51(69)15)36-58(56)70-44(8)32-66-62-28-40(4)24-48(12)74(62)82(20)78(66)52(70)16/h21-36H,1-20H3. The molecule has 4 aliphatic heterocycles. The van der Waals surface area contributed by atoms with Crippen molar-refractivity contribution in [1.82, 2.24) is 0 Å². The summed E-state index contributed by atoms with van der Waals surface area (Å²) >= 11 is 0. The van der Waals surface area contributed by atoms with Gasteiger partial charge in [0.25, 0.3) is 0 Å². The van der Waals surface area contributed by atoms with E-state index in [1.165, 1.54) is 233 Å². The van der Waals surface area contributed by atoms with Crippen LogP contribution in [0.3, 0.4) is 0 Å². The minimum Gasteiger partial charge on any atom is -0.0773 e. The van der Waals surface area contributed by atoms with Crippen LogP contribution in [0.2, 0.25) is 27.3 Å². The maximum atomic E-state index is 2.66. The Hall–Kier alpha value is -7.28. The Morgan fingerprint density at radius 2 is 0.415 bits per heavy atom. The van der Waals surface area contributed by atoms with E-state index in [0.29, 0.717) is 26.9 Å². The molecule has 8 aromatic rings. The molecular formula is C78H76B4. The van der Waals surface area contributed by atoms with E-state index >= 15 is 0 Å². The van der Waals surface area contributed by atoms with E-state index in [4.69, 9.17) is 0 Å². The summed E-state index contributed by atoms with van der Waals surface area (Å²) in [4.78, 5) is 0. The lowest BCUT2D eigenvalue weighted by atomic mass is 9.43. The van der Waals surface area contributed by atoms with Gasteiger partial charge in [0, 0.05) is 0 Å². The normalized spacial score (nSPS) is 13.3. The van der Waals surface area contributed by atoms with Crippen LogP contribution >= 0.6 is 0 Å². The van der Waals surface area contributed by atoms with Crippen molar-refractivity contribution >= 4 is 70.6 Å². The summed E-state index contributed by atoms with van der Waals surface area (Å²) in [6.07, 6.45) is 0. The first-order chi connectivity index (χ1) is 38.9. The fourth-order valence-electron chi connectivity index (χ4n) is 18.7. The highest BCUT2D eigenvalue weighted by atomic mass is 14.3. The fraction of sp³-hybridized carbons (Fsp3) is 0.256. The van der Waals surface area contributed by atoms with Gasteiger partial charge >= 0.3 is 0 Å². The van der Waals surface area contributed by atoms with Gasteiger partial charge in [-0.3, -0.25) is 0 Å². The number of aryl methyl sites for hydroxylation is 12. The third kappa shape index (κ3) is 7.15. The smallest absolute Gasteiger partial charge is 0.0773 e. The molecule has 4 heterocycles. The molecule has 0 bridgehead atoms. The summed E-state index contributed by atoms with van der Waals surface area (Å²) in [6.45, 7) is 48.7. The molecule has 0 saturated carbocycles. The summed E-state index contributed by atoms with van der Waals surface area (Å²) in [6, 6.07) is 40.1. The van der Waals surface area contributed by atoms with Gasteiger partial charge in [0.1, 0.15) is 0 Å². The van der Waals surface area contributed by atoms with Gasteiger partial charge in [-0.05, 0) is 280 Å². The number of rotatable bonds is 4. The van der Waals surface area contributed by atoms with Gasteiger partial charge in [-0.25, -0.2) is 0 Å². The zero-order chi connectivity index (χ0) is 57.9. The molecule has 0 amide bonds. The summed E-state index contributed by atoms with van der Waals surface area (Å²) in [7, 11) is 0. The molecule has 14 rings (SSSR count). The van der Waals surface area contributed by atoms with Crippen molar-refractivity contribution in [2.24, 2.45) is 0 Å². The largest absolute Gasteiger partial charge is 0.208 e. The van der Waals surface area contributed by atoms with Gasteiger partial charge in [-0.1, -0.05) is 188 Å². The quantitative estimate of drug-likeness (QED) is 0.154. The molecule has 2 aliphatic carbocycles. The topological polar surface area (TPSA) is 0 Å². The molecule has 0 aromatic heterocycles. The number of benzene rings is 8. The first kappa shape index (κ1) is 52.8. The molecule has 0 N–H and O–H groups in total. The van der Waals surface area contributed by atoms with Crippen LogP contribution in [0.4, 0.5) is 0 Å². The molecule has 6 aliphatic rings. The van der Waals surface area contributed by atoms with E-state index in [9.17, 15) is 0 Å². The molecule has 8 aromatic carbocycles. The van der Waals surface area contributed by atoms with Crippen LogP contribution in [-0.2, 0) is 0 Å².